The zero-order valence-electron chi connectivity index (χ0n) is 13.3. The van der Waals surface area contributed by atoms with Gasteiger partial charge >= 0.3 is 0 Å². The average Bonchev–Trinajstić information content (AvgIpc) is 2.58. The van der Waals surface area contributed by atoms with E-state index in [1.807, 2.05) is 37.3 Å². The van der Waals surface area contributed by atoms with Crippen molar-refractivity contribution in [3.8, 4) is 5.75 Å². The number of benzene rings is 2. The molecule has 0 aliphatic carbocycles. The van der Waals surface area contributed by atoms with Crippen molar-refractivity contribution in [3.63, 3.8) is 0 Å². The molecule has 0 aliphatic rings. The summed E-state index contributed by atoms with van der Waals surface area (Å²) in [7, 11) is 1.60. The van der Waals surface area contributed by atoms with Crippen molar-refractivity contribution in [2.75, 3.05) is 12.4 Å². The van der Waals surface area contributed by atoms with E-state index >= 15 is 0 Å². The van der Waals surface area contributed by atoms with Crippen molar-refractivity contribution in [1.29, 1.82) is 0 Å². The fourth-order valence-corrected chi connectivity index (χ4v) is 2.70. The zero-order valence-corrected chi connectivity index (χ0v) is 14.0. The van der Waals surface area contributed by atoms with E-state index in [1.54, 1.807) is 13.2 Å². The molecule has 6 heteroatoms. The van der Waals surface area contributed by atoms with Crippen LogP contribution >= 0.6 is 11.6 Å². The van der Waals surface area contributed by atoms with Crippen LogP contribution in [0.5, 0.6) is 5.75 Å². The summed E-state index contributed by atoms with van der Waals surface area (Å²) < 4.78 is 5.23. The number of ether oxygens (including phenoxy) is 1. The molecule has 2 aromatic carbocycles. The van der Waals surface area contributed by atoms with Gasteiger partial charge in [0.05, 0.1) is 23.9 Å². The Morgan fingerprint density at radius 2 is 2.08 bits per heavy atom. The van der Waals surface area contributed by atoms with Crippen LogP contribution < -0.4 is 15.8 Å². The Balaban J connectivity index is 2.21. The minimum absolute atomic E-state index is 0.312. The highest BCUT2D eigenvalue weighted by Crippen LogP contribution is 2.33. The van der Waals surface area contributed by atoms with Crippen LogP contribution in [0.15, 0.2) is 42.6 Å². The zero-order chi connectivity index (χ0) is 17.3. The van der Waals surface area contributed by atoms with Gasteiger partial charge in [-0.05, 0) is 36.8 Å². The van der Waals surface area contributed by atoms with Crippen LogP contribution in [0.25, 0.3) is 10.9 Å². The number of hydrogen-bond acceptors (Lipinski definition) is 4. The molecule has 3 rings (SSSR count). The van der Waals surface area contributed by atoms with Gasteiger partial charge in [0.2, 0.25) is 0 Å². The number of aryl methyl sites for hydroxylation is 1. The fraction of sp³-hybridized carbons (Fsp3) is 0.111. The summed E-state index contributed by atoms with van der Waals surface area (Å²) in [4.78, 5) is 16.2. The smallest absolute Gasteiger partial charge is 0.252 e. The molecule has 0 saturated carbocycles. The van der Waals surface area contributed by atoms with E-state index in [4.69, 9.17) is 22.1 Å². The Hall–Kier alpha value is -2.79. The van der Waals surface area contributed by atoms with Gasteiger partial charge in [0.25, 0.3) is 5.91 Å². The lowest BCUT2D eigenvalue weighted by Gasteiger charge is -2.15. The molecule has 1 heterocycles. The monoisotopic (exact) mass is 341 g/mol. The maximum Gasteiger partial charge on any atom is 0.252 e. The van der Waals surface area contributed by atoms with E-state index in [-0.39, 0.29) is 0 Å². The fourth-order valence-electron chi connectivity index (χ4n) is 2.55. The van der Waals surface area contributed by atoms with E-state index in [2.05, 4.69) is 10.3 Å². The van der Waals surface area contributed by atoms with Gasteiger partial charge in [0.1, 0.15) is 5.75 Å². The summed E-state index contributed by atoms with van der Waals surface area (Å²) >= 11 is 6.17. The van der Waals surface area contributed by atoms with Crippen molar-refractivity contribution >= 4 is 39.8 Å². The first-order valence-corrected chi connectivity index (χ1v) is 7.67. The highest BCUT2D eigenvalue weighted by atomic mass is 35.5. The first kappa shape index (κ1) is 16.1. The Kier molecular flexibility index (Phi) is 4.27. The summed E-state index contributed by atoms with van der Waals surface area (Å²) in [5.74, 6) is 0.153. The Morgan fingerprint density at radius 3 is 2.79 bits per heavy atom. The maximum atomic E-state index is 11.8. The number of carbonyl (C=O) groups excluding carboxylic acids is 1. The van der Waals surface area contributed by atoms with Crippen LogP contribution in [-0.4, -0.2) is 18.0 Å². The predicted octanol–water partition coefficient (Wildman–Crippen LogP) is 4.05. The number of halogens is 1. The van der Waals surface area contributed by atoms with Crippen molar-refractivity contribution in [2.45, 2.75) is 6.92 Å². The summed E-state index contributed by atoms with van der Waals surface area (Å²) in [5, 5.41) is 4.65. The number of nitrogens with one attached hydrogen (secondary N) is 1. The molecule has 0 unspecified atom stereocenters. The number of pyridine rings is 1. The van der Waals surface area contributed by atoms with E-state index in [0.717, 1.165) is 22.2 Å². The standard InChI is InChI=1S/C18H16ClN3O2/c1-10-15(19)7-6-13-16(10)21-9-14(18(20)23)17(13)22-11-4-3-5-12(8-11)24-2/h3-9H,1-2H3,(H2,20,23)(H,21,22). The molecule has 5 nitrogen and oxygen atoms in total. The molecule has 1 aromatic heterocycles. The first-order chi connectivity index (χ1) is 11.5. The summed E-state index contributed by atoms with van der Waals surface area (Å²) in [6.45, 7) is 1.89. The molecule has 24 heavy (non-hydrogen) atoms. The molecule has 0 atom stereocenters. The second-order valence-corrected chi connectivity index (χ2v) is 5.74. The normalized spacial score (nSPS) is 10.6. The third kappa shape index (κ3) is 2.86. The quantitative estimate of drug-likeness (QED) is 0.750. The van der Waals surface area contributed by atoms with E-state index in [9.17, 15) is 4.79 Å². The van der Waals surface area contributed by atoms with Crippen LogP contribution in [0.3, 0.4) is 0 Å². The molecule has 0 bridgehead atoms. The minimum atomic E-state index is -0.553. The van der Waals surface area contributed by atoms with Gasteiger partial charge in [-0.15, -0.1) is 0 Å². The molecule has 3 aromatic rings. The molecule has 0 fully saturated rings. The number of methoxy groups -OCH3 is 1. The van der Waals surface area contributed by atoms with E-state index < -0.39 is 5.91 Å². The molecule has 122 valence electrons. The molecule has 0 radical (unpaired) electrons. The highest BCUT2D eigenvalue weighted by Gasteiger charge is 2.15. The van der Waals surface area contributed by atoms with Gasteiger partial charge in [-0.3, -0.25) is 9.78 Å². The Bertz CT molecular complexity index is 941. The third-order valence-corrected chi connectivity index (χ3v) is 4.24. The summed E-state index contributed by atoms with van der Waals surface area (Å²) in [6, 6.07) is 11.0. The van der Waals surface area contributed by atoms with Gasteiger partial charge in [-0.25, -0.2) is 0 Å². The lowest BCUT2D eigenvalue weighted by atomic mass is 10.1. The van der Waals surface area contributed by atoms with Crippen LogP contribution in [0.4, 0.5) is 11.4 Å². The number of aromatic nitrogens is 1. The Morgan fingerprint density at radius 1 is 1.29 bits per heavy atom. The van der Waals surface area contributed by atoms with E-state index in [1.165, 1.54) is 6.20 Å². The lowest BCUT2D eigenvalue weighted by molar-refractivity contribution is 0.100. The van der Waals surface area contributed by atoms with Gasteiger partial charge in [0.15, 0.2) is 0 Å². The number of carbonyl (C=O) groups is 1. The van der Waals surface area contributed by atoms with Gasteiger partial charge < -0.3 is 15.8 Å². The molecule has 0 aliphatic heterocycles. The Labute approximate surface area is 144 Å². The van der Waals surface area contributed by atoms with Crippen LogP contribution in [0.1, 0.15) is 15.9 Å². The molecule has 3 N–H and O–H groups in total. The van der Waals surface area contributed by atoms with Gasteiger partial charge in [-0.1, -0.05) is 17.7 Å². The molecule has 1 amide bonds. The number of nitrogens with two attached hydrogens (primary N) is 1. The second kappa shape index (κ2) is 6.37. The largest absolute Gasteiger partial charge is 0.497 e. The van der Waals surface area contributed by atoms with E-state index in [0.29, 0.717) is 22.0 Å². The topological polar surface area (TPSA) is 77.2 Å². The van der Waals surface area contributed by atoms with Crippen LogP contribution in [-0.2, 0) is 0 Å². The number of anilines is 2. The van der Waals surface area contributed by atoms with Gasteiger partial charge in [0, 0.05) is 28.4 Å². The number of primary amides is 1. The van der Waals surface area contributed by atoms with Crippen molar-refractivity contribution in [3.05, 3.63) is 58.7 Å². The van der Waals surface area contributed by atoms with Crippen molar-refractivity contribution < 1.29 is 9.53 Å². The molecule has 0 saturated heterocycles. The lowest BCUT2D eigenvalue weighted by Crippen LogP contribution is -2.14. The van der Waals surface area contributed by atoms with Crippen molar-refractivity contribution in [2.24, 2.45) is 5.73 Å². The van der Waals surface area contributed by atoms with Crippen LogP contribution in [0.2, 0.25) is 5.02 Å². The number of amides is 1. The predicted molar refractivity (Wildman–Crippen MR) is 96.3 cm³/mol. The minimum Gasteiger partial charge on any atom is -0.497 e. The summed E-state index contributed by atoms with van der Waals surface area (Å²) in [5.41, 5.74) is 8.76. The molecular weight excluding hydrogens is 326 g/mol. The number of fused-ring (bicyclic) bond motifs is 1. The number of nitrogens with zero attached hydrogens (tertiary/aromatic N) is 1. The average molecular weight is 342 g/mol. The highest BCUT2D eigenvalue weighted by molar-refractivity contribution is 6.32. The summed E-state index contributed by atoms with van der Waals surface area (Å²) in [6.07, 6.45) is 1.47. The molecular formula is C18H16ClN3O2. The number of hydrogen-bond donors (Lipinski definition) is 2. The SMILES string of the molecule is COc1cccc(Nc2c(C(N)=O)cnc3c(C)c(Cl)ccc23)c1. The first-order valence-electron chi connectivity index (χ1n) is 7.30. The second-order valence-electron chi connectivity index (χ2n) is 5.34. The molecule has 0 spiro atoms. The maximum absolute atomic E-state index is 11.8. The third-order valence-electron chi connectivity index (χ3n) is 3.83. The van der Waals surface area contributed by atoms with Gasteiger partial charge in [-0.2, -0.15) is 0 Å². The number of rotatable bonds is 4. The van der Waals surface area contributed by atoms with Crippen LogP contribution in [0, 0.1) is 6.92 Å². The van der Waals surface area contributed by atoms with Crippen molar-refractivity contribution in [1.82, 2.24) is 4.98 Å².